The number of aromatic nitrogens is 5. The molecule has 1 amide bonds. The number of nitrogens with zero attached hydrogens (tertiary/aromatic N) is 5. The van der Waals surface area contributed by atoms with Crippen LogP contribution in [0, 0.1) is 0 Å². The Kier molecular flexibility index (Phi) is 4.66. The molecule has 162 valence electrons. The summed E-state index contributed by atoms with van der Waals surface area (Å²) in [6.45, 7) is 0. The lowest BCUT2D eigenvalue weighted by Crippen LogP contribution is -2.15. The number of carbonyl (C=O) groups is 1. The van der Waals surface area contributed by atoms with Crippen LogP contribution in [-0.2, 0) is 0 Å². The molecule has 1 fully saturated rings. The molecule has 2 aromatic carbocycles. The standard InChI is InChI=1S/C24H17ClN6O2/c25-16-8-9-20(31-13-26-12-27-31)19(10-16)28-23(32)17-11-18(14-6-7-14)29-24-21(17)22(30-33-24)15-4-2-1-3-5-15/h1-5,8-14H,6-7H2,(H,28,32). The van der Waals surface area contributed by atoms with Gasteiger partial charge in [0, 0.05) is 22.2 Å². The van der Waals surface area contributed by atoms with Crippen LogP contribution in [0.3, 0.4) is 0 Å². The van der Waals surface area contributed by atoms with E-state index in [0.717, 1.165) is 24.1 Å². The quantitative estimate of drug-likeness (QED) is 0.387. The number of nitrogens with one attached hydrogen (secondary N) is 1. The summed E-state index contributed by atoms with van der Waals surface area (Å²) in [5.74, 6) is 0.0245. The Morgan fingerprint density at radius 2 is 1.97 bits per heavy atom. The summed E-state index contributed by atoms with van der Waals surface area (Å²) in [6, 6.07) is 16.6. The molecule has 0 radical (unpaired) electrons. The average Bonchev–Trinajstić information content (AvgIpc) is 3.37. The van der Waals surface area contributed by atoms with Gasteiger partial charge < -0.3 is 9.84 Å². The molecule has 0 saturated heterocycles. The molecule has 1 saturated carbocycles. The van der Waals surface area contributed by atoms with Crippen LogP contribution in [0.25, 0.3) is 28.0 Å². The third kappa shape index (κ3) is 3.64. The zero-order valence-electron chi connectivity index (χ0n) is 17.3. The molecule has 0 unspecified atom stereocenters. The minimum absolute atomic E-state index is 0.312. The second-order valence-corrected chi connectivity index (χ2v) is 8.34. The van der Waals surface area contributed by atoms with Gasteiger partial charge in [0.25, 0.3) is 11.6 Å². The third-order valence-corrected chi connectivity index (χ3v) is 5.86. The highest BCUT2D eigenvalue weighted by atomic mass is 35.5. The van der Waals surface area contributed by atoms with Crippen molar-refractivity contribution in [2.45, 2.75) is 18.8 Å². The van der Waals surface area contributed by atoms with Crippen LogP contribution in [0.2, 0.25) is 5.02 Å². The van der Waals surface area contributed by atoms with E-state index in [1.165, 1.54) is 6.33 Å². The Morgan fingerprint density at radius 3 is 2.73 bits per heavy atom. The van der Waals surface area contributed by atoms with E-state index in [2.05, 4.69) is 25.5 Å². The van der Waals surface area contributed by atoms with Crippen LogP contribution in [-0.4, -0.2) is 30.8 Å². The number of rotatable bonds is 5. The average molecular weight is 457 g/mol. The molecule has 6 rings (SSSR count). The Balaban J connectivity index is 1.48. The number of carbonyl (C=O) groups excluding carboxylic acids is 1. The fraction of sp³-hybridized carbons (Fsp3) is 0.125. The Morgan fingerprint density at radius 1 is 1.12 bits per heavy atom. The number of benzene rings is 2. The van der Waals surface area contributed by atoms with E-state index in [9.17, 15) is 4.79 Å². The van der Waals surface area contributed by atoms with Gasteiger partial charge in [0.1, 0.15) is 18.3 Å². The molecule has 0 aliphatic heterocycles. The van der Waals surface area contributed by atoms with Gasteiger partial charge in [0.2, 0.25) is 0 Å². The molecular weight excluding hydrogens is 440 g/mol. The van der Waals surface area contributed by atoms with Crippen LogP contribution >= 0.6 is 11.6 Å². The molecular formula is C24H17ClN6O2. The first-order valence-corrected chi connectivity index (χ1v) is 10.9. The predicted molar refractivity (Wildman–Crippen MR) is 124 cm³/mol. The lowest BCUT2D eigenvalue weighted by Gasteiger charge is -2.12. The highest BCUT2D eigenvalue weighted by Gasteiger charge is 2.29. The second-order valence-electron chi connectivity index (χ2n) is 7.90. The van der Waals surface area contributed by atoms with E-state index in [1.807, 2.05) is 36.4 Å². The summed E-state index contributed by atoms with van der Waals surface area (Å²) < 4.78 is 7.15. The number of hydrogen-bond acceptors (Lipinski definition) is 6. The molecule has 5 aromatic rings. The number of pyridine rings is 1. The van der Waals surface area contributed by atoms with Crippen molar-refractivity contribution in [1.29, 1.82) is 0 Å². The number of anilines is 1. The van der Waals surface area contributed by atoms with Gasteiger partial charge in [-0.3, -0.25) is 4.79 Å². The van der Waals surface area contributed by atoms with Crippen molar-refractivity contribution in [1.82, 2.24) is 24.9 Å². The third-order valence-electron chi connectivity index (χ3n) is 5.63. The summed E-state index contributed by atoms with van der Waals surface area (Å²) in [4.78, 5) is 22.3. The van der Waals surface area contributed by atoms with Gasteiger partial charge in [-0.2, -0.15) is 5.10 Å². The van der Waals surface area contributed by atoms with E-state index in [4.69, 9.17) is 16.1 Å². The fourth-order valence-electron chi connectivity index (χ4n) is 3.86. The molecule has 8 nitrogen and oxygen atoms in total. The van der Waals surface area contributed by atoms with Crippen LogP contribution in [0.1, 0.15) is 34.8 Å². The first-order valence-electron chi connectivity index (χ1n) is 10.5. The van der Waals surface area contributed by atoms with Gasteiger partial charge in [-0.15, -0.1) is 0 Å². The highest BCUT2D eigenvalue weighted by molar-refractivity contribution is 6.31. The molecule has 0 atom stereocenters. The summed E-state index contributed by atoms with van der Waals surface area (Å²) >= 11 is 6.23. The van der Waals surface area contributed by atoms with Gasteiger partial charge >= 0.3 is 0 Å². The zero-order valence-corrected chi connectivity index (χ0v) is 18.0. The lowest BCUT2D eigenvalue weighted by atomic mass is 10.0. The van der Waals surface area contributed by atoms with Crippen LogP contribution in [0.15, 0.2) is 71.8 Å². The molecule has 33 heavy (non-hydrogen) atoms. The summed E-state index contributed by atoms with van der Waals surface area (Å²) in [6.07, 6.45) is 5.08. The molecule has 3 aromatic heterocycles. The van der Waals surface area contributed by atoms with Crippen molar-refractivity contribution in [3.8, 4) is 16.9 Å². The van der Waals surface area contributed by atoms with Crippen LogP contribution < -0.4 is 5.32 Å². The van der Waals surface area contributed by atoms with Crippen LogP contribution in [0.4, 0.5) is 5.69 Å². The molecule has 1 N–H and O–H groups in total. The Bertz CT molecular complexity index is 1480. The van der Waals surface area contributed by atoms with Crippen molar-refractivity contribution >= 4 is 34.3 Å². The van der Waals surface area contributed by atoms with Gasteiger partial charge in [0.15, 0.2) is 0 Å². The molecule has 3 heterocycles. The van der Waals surface area contributed by atoms with E-state index in [0.29, 0.717) is 44.7 Å². The number of amides is 1. The zero-order chi connectivity index (χ0) is 22.4. The number of fused-ring (bicyclic) bond motifs is 1. The first kappa shape index (κ1) is 19.6. The van der Waals surface area contributed by atoms with Crippen molar-refractivity contribution in [2.75, 3.05) is 5.32 Å². The van der Waals surface area contributed by atoms with E-state index in [-0.39, 0.29) is 5.91 Å². The number of hydrogen-bond donors (Lipinski definition) is 1. The minimum Gasteiger partial charge on any atom is -0.335 e. The maximum Gasteiger partial charge on any atom is 0.259 e. The topological polar surface area (TPSA) is 98.7 Å². The van der Waals surface area contributed by atoms with Crippen molar-refractivity contribution in [3.05, 3.63) is 83.5 Å². The lowest BCUT2D eigenvalue weighted by molar-refractivity contribution is 0.102. The highest BCUT2D eigenvalue weighted by Crippen LogP contribution is 2.41. The SMILES string of the molecule is O=C(Nc1cc(Cl)ccc1-n1cncn1)c1cc(C2CC2)nc2onc(-c3ccccc3)c12. The van der Waals surface area contributed by atoms with Crippen molar-refractivity contribution < 1.29 is 9.32 Å². The molecule has 9 heteroatoms. The monoisotopic (exact) mass is 456 g/mol. The van der Waals surface area contributed by atoms with Crippen molar-refractivity contribution in [2.24, 2.45) is 0 Å². The summed E-state index contributed by atoms with van der Waals surface area (Å²) in [5, 5.41) is 12.5. The van der Waals surface area contributed by atoms with Gasteiger partial charge in [-0.1, -0.05) is 47.1 Å². The largest absolute Gasteiger partial charge is 0.335 e. The van der Waals surface area contributed by atoms with E-state index < -0.39 is 0 Å². The molecule has 1 aliphatic carbocycles. The summed E-state index contributed by atoms with van der Waals surface area (Å²) in [5.41, 5.74) is 4.22. The summed E-state index contributed by atoms with van der Waals surface area (Å²) in [7, 11) is 0. The molecule has 0 spiro atoms. The van der Waals surface area contributed by atoms with Gasteiger partial charge in [0.05, 0.1) is 22.3 Å². The minimum atomic E-state index is -0.312. The maximum atomic E-state index is 13.6. The molecule has 1 aliphatic rings. The van der Waals surface area contributed by atoms with Crippen LogP contribution in [0.5, 0.6) is 0 Å². The van der Waals surface area contributed by atoms with Gasteiger partial charge in [-0.05, 0) is 37.1 Å². The maximum absolute atomic E-state index is 13.6. The van der Waals surface area contributed by atoms with Gasteiger partial charge in [-0.25, -0.2) is 14.6 Å². The van der Waals surface area contributed by atoms with Crippen molar-refractivity contribution in [3.63, 3.8) is 0 Å². The first-order chi connectivity index (χ1) is 16.2. The predicted octanol–water partition coefficient (Wildman–Crippen LogP) is 5.25. The Hall–Kier alpha value is -4.04. The fourth-order valence-corrected chi connectivity index (χ4v) is 4.03. The molecule has 0 bridgehead atoms. The second kappa shape index (κ2) is 7.83. The normalized spacial score (nSPS) is 13.4. The number of halogens is 1. The smallest absolute Gasteiger partial charge is 0.259 e. The van der Waals surface area contributed by atoms with E-state index >= 15 is 0 Å². The Labute approximate surface area is 193 Å². The van der Waals surface area contributed by atoms with E-state index in [1.54, 1.807) is 29.2 Å².